The third-order valence-corrected chi connectivity index (χ3v) is 5.63. The largest absolute Gasteiger partial charge is 0.400 e. The zero-order valence-corrected chi connectivity index (χ0v) is 17.3. The number of nitrogens with two attached hydrogens (primary N) is 1. The molecule has 7 heteroatoms. The SMILES string of the molecule is CN=C(C1=C(N)C(C)N(C(=O)c2ccc3ncccc3c2)CC1)c1cc(F)cc(F)c1. The summed E-state index contributed by atoms with van der Waals surface area (Å²) in [4.78, 5) is 23.4. The lowest BCUT2D eigenvalue weighted by Gasteiger charge is -2.36. The van der Waals surface area contributed by atoms with Gasteiger partial charge in [-0.05, 0) is 49.7 Å². The van der Waals surface area contributed by atoms with Gasteiger partial charge in [0, 0.05) is 53.6 Å². The van der Waals surface area contributed by atoms with Crippen molar-refractivity contribution in [2.24, 2.45) is 10.7 Å². The number of hydrogen-bond acceptors (Lipinski definition) is 4. The number of halogens is 2. The molecule has 1 amide bonds. The van der Waals surface area contributed by atoms with Crippen molar-refractivity contribution in [3.05, 3.63) is 88.8 Å². The van der Waals surface area contributed by atoms with Crippen LogP contribution in [0.2, 0.25) is 0 Å². The Kier molecular flexibility index (Phi) is 5.50. The van der Waals surface area contributed by atoms with Crippen molar-refractivity contribution in [2.75, 3.05) is 13.6 Å². The summed E-state index contributed by atoms with van der Waals surface area (Å²) in [6.07, 6.45) is 2.14. The molecule has 1 atom stereocenters. The van der Waals surface area contributed by atoms with Gasteiger partial charge in [-0.1, -0.05) is 6.07 Å². The third kappa shape index (κ3) is 3.91. The highest BCUT2D eigenvalue weighted by Crippen LogP contribution is 2.27. The van der Waals surface area contributed by atoms with Gasteiger partial charge in [0.05, 0.1) is 17.3 Å². The number of carbonyl (C=O) groups excluding carboxylic acids is 1. The standard InChI is InChI=1S/C24H22F2N4O/c1-14-22(27)20(23(28-2)17-11-18(25)13-19(26)12-17)7-9-30(14)24(31)16-5-6-21-15(10-16)4-3-8-29-21/h3-6,8,10-14H,7,9,27H2,1-2H3. The second kappa shape index (κ2) is 8.26. The molecule has 2 N–H and O–H groups in total. The van der Waals surface area contributed by atoms with Crippen molar-refractivity contribution >= 4 is 22.5 Å². The van der Waals surface area contributed by atoms with Crippen LogP contribution in [-0.4, -0.2) is 41.1 Å². The molecule has 1 aromatic heterocycles. The maximum absolute atomic E-state index is 13.7. The summed E-state index contributed by atoms with van der Waals surface area (Å²) < 4.78 is 27.5. The van der Waals surface area contributed by atoms with Gasteiger partial charge >= 0.3 is 0 Å². The van der Waals surface area contributed by atoms with E-state index < -0.39 is 17.7 Å². The van der Waals surface area contributed by atoms with Gasteiger partial charge in [-0.3, -0.25) is 14.8 Å². The molecule has 1 unspecified atom stereocenters. The number of carbonyl (C=O) groups is 1. The number of aromatic nitrogens is 1. The summed E-state index contributed by atoms with van der Waals surface area (Å²) in [5.41, 5.74) is 9.72. The highest BCUT2D eigenvalue weighted by atomic mass is 19.1. The van der Waals surface area contributed by atoms with Crippen LogP contribution in [0.5, 0.6) is 0 Å². The summed E-state index contributed by atoms with van der Waals surface area (Å²) in [6.45, 7) is 2.26. The highest BCUT2D eigenvalue weighted by Gasteiger charge is 2.31. The zero-order chi connectivity index (χ0) is 22.1. The first-order chi connectivity index (χ1) is 14.9. The van der Waals surface area contributed by atoms with Gasteiger partial charge in [0.15, 0.2) is 0 Å². The Bertz CT molecular complexity index is 1210. The average molecular weight is 420 g/mol. The third-order valence-electron chi connectivity index (χ3n) is 5.63. The predicted molar refractivity (Wildman–Crippen MR) is 117 cm³/mol. The molecule has 4 rings (SSSR count). The minimum Gasteiger partial charge on any atom is -0.400 e. The number of amides is 1. The van der Waals surface area contributed by atoms with Crippen molar-refractivity contribution in [3.8, 4) is 0 Å². The first-order valence-corrected chi connectivity index (χ1v) is 9.97. The fourth-order valence-electron chi connectivity index (χ4n) is 4.03. The number of hydrogen-bond donors (Lipinski definition) is 1. The second-order valence-corrected chi connectivity index (χ2v) is 7.50. The zero-order valence-electron chi connectivity index (χ0n) is 17.3. The van der Waals surface area contributed by atoms with E-state index in [1.807, 2.05) is 31.2 Å². The van der Waals surface area contributed by atoms with Gasteiger partial charge in [0.25, 0.3) is 5.91 Å². The van der Waals surface area contributed by atoms with Crippen LogP contribution in [0.25, 0.3) is 10.9 Å². The normalized spacial score (nSPS) is 17.4. The van der Waals surface area contributed by atoms with E-state index in [2.05, 4.69) is 9.98 Å². The summed E-state index contributed by atoms with van der Waals surface area (Å²) in [5.74, 6) is -1.49. The Labute approximate surface area is 178 Å². The van der Waals surface area contributed by atoms with Gasteiger partial charge in [-0.15, -0.1) is 0 Å². The van der Waals surface area contributed by atoms with Gasteiger partial charge in [0.2, 0.25) is 0 Å². The minimum atomic E-state index is -0.679. The van der Waals surface area contributed by atoms with E-state index in [1.165, 1.54) is 12.1 Å². The van der Waals surface area contributed by atoms with E-state index in [4.69, 9.17) is 5.73 Å². The van der Waals surface area contributed by atoms with Crippen molar-refractivity contribution in [1.29, 1.82) is 0 Å². The number of rotatable bonds is 3. The van der Waals surface area contributed by atoms with Crippen molar-refractivity contribution in [2.45, 2.75) is 19.4 Å². The van der Waals surface area contributed by atoms with E-state index in [-0.39, 0.29) is 5.91 Å². The molecular weight excluding hydrogens is 398 g/mol. The first-order valence-electron chi connectivity index (χ1n) is 9.97. The van der Waals surface area contributed by atoms with E-state index in [1.54, 1.807) is 24.2 Å². The Hall–Kier alpha value is -3.61. The Balaban J connectivity index is 1.65. The molecule has 0 saturated carbocycles. The highest BCUT2D eigenvalue weighted by molar-refractivity contribution is 6.13. The van der Waals surface area contributed by atoms with Gasteiger partial charge < -0.3 is 10.6 Å². The van der Waals surface area contributed by atoms with Crippen LogP contribution in [0.4, 0.5) is 8.78 Å². The molecular formula is C24H22F2N4O. The van der Waals surface area contributed by atoms with Crippen LogP contribution in [0.15, 0.2) is 71.0 Å². The van der Waals surface area contributed by atoms with Gasteiger partial charge in [0.1, 0.15) is 11.6 Å². The predicted octanol–water partition coefficient (Wildman–Crippen LogP) is 4.08. The lowest BCUT2D eigenvalue weighted by atomic mass is 9.91. The summed E-state index contributed by atoms with van der Waals surface area (Å²) in [6, 6.07) is 12.0. The Morgan fingerprint density at radius 3 is 2.58 bits per heavy atom. The van der Waals surface area contributed by atoms with Crippen molar-refractivity contribution < 1.29 is 13.6 Å². The molecule has 5 nitrogen and oxygen atoms in total. The number of pyridine rings is 1. The van der Waals surface area contributed by atoms with Crippen molar-refractivity contribution in [1.82, 2.24) is 9.88 Å². The van der Waals surface area contributed by atoms with E-state index in [0.29, 0.717) is 41.1 Å². The second-order valence-electron chi connectivity index (χ2n) is 7.50. The molecule has 158 valence electrons. The molecule has 1 aliphatic rings. The quantitative estimate of drug-likeness (QED) is 0.649. The number of nitrogens with zero attached hydrogens (tertiary/aromatic N) is 3. The molecule has 3 aromatic rings. The topological polar surface area (TPSA) is 71.6 Å². The Morgan fingerprint density at radius 1 is 1.13 bits per heavy atom. The van der Waals surface area contributed by atoms with Crippen LogP contribution < -0.4 is 5.73 Å². The van der Waals surface area contributed by atoms with E-state index in [0.717, 1.165) is 17.0 Å². The molecule has 0 bridgehead atoms. The van der Waals surface area contributed by atoms with Crippen LogP contribution in [0.3, 0.4) is 0 Å². The summed E-state index contributed by atoms with van der Waals surface area (Å²) >= 11 is 0. The van der Waals surface area contributed by atoms with Gasteiger partial charge in [-0.25, -0.2) is 8.78 Å². The first kappa shape index (κ1) is 20.7. The minimum absolute atomic E-state index is 0.132. The monoisotopic (exact) mass is 420 g/mol. The molecule has 2 aromatic carbocycles. The number of fused-ring (bicyclic) bond motifs is 1. The molecule has 1 aliphatic heterocycles. The lowest BCUT2D eigenvalue weighted by Crippen LogP contribution is -2.46. The fourth-order valence-corrected chi connectivity index (χ4v) is 4.03. The average Bonchev–Trinajstić information content (AvgIpc) is 2.76. The van der Waals surface area contributed by atoms with Crippen LogP contribution in [-0.2, 0) is 0 Å². The van der Waals surface area contributed by atoms with E-state index in [9.17, 15) is 13.6 Å². The molecule has 31 heavy (non-hydrogen) atoms. The fraction of sp³-hybridized carbons (Fsp3) is 0.208. The van der Waals surface area contributed by atoms with Crippen molar-refractivity contribution in [3.63, 3.8) is 0 Å². The van der Waals surface area contributed by atoms with Crippen LogP contribution in [0.1, 0.15) is 29.3 Å². The Morgan fingerprint density at radius 2 is 1.87 bits per heavy atom. The molecule has 0 saturated heterocycles. The molecule has 0 fully saturated rings. The number of benzene rings is 2. The molecule has 0 spiro atoms. The summed E-state index contributed by atoms with van der Waals surface area (Å²) in [7, 11) is 1.56. The summed E-state index contributed by atoms with van der Waals surface area (Å²) in [5, 5.41) is 0.885. The molecule has 0 radical (unpaired) electrons. The van der Waals surface area contributed by atoms with Crippen LogP contribution >= 0.6 is 0 Å². The van der Waals surface area contributed by atoms with Crippen LogP contribution in [0, 0.1) is 11.6 Å². The molecule has 0 aliphatic carbocycles. The van der Waals surface area contributed by atoms with Gasteiger partial charge in [-0.2, -0.15) is 0 Å². The molecule has 2 heterocycles. The number of aliphatic imine (C=N–C) groups is 1. The maximum Gasteiger partial charge on any atom is 0.254 e. The lowest BCUT2D eigenvalue weighted by molar-refractivity contribution is 0.0707. The van der Waals surface area contributed by atoms with E-state index >= 15 is 0 Å². The maximum atomic E-state index is 13.7. The smallest absolute Gasteiger partial charge is 0.254 e.